The normalized spacial score (nSPS) is 10.3. The summed E-state index contributed by atoms with van der Waals surface area (Å²) in [4.78, 5) is 18.6. The van der Waals surface area contributed by atoms with Crippen molar-refractivity contribution in [1.82, 2.24) is 5.48 Å². The van der Waals surface area contributed by atoms with E-state index < -0.39 is 5.91 Å². The van der Waals surface area contributed by atoms with Gasteiger partial charge in [0.05, 0.1) is 10.6 Å². The van der Waals surface area contributed by atoms with Crippen LogP contribution in [0.1, 0.15) is 10.4 Å². The summed E-state index contributed by atoms with van der Waals surface area (Å²) >= 11 is 1.50. The molecule has 0 radical (unpaired) electrons. The molecule has 0 fully saturated rings. The number of thiophene rings is 1. The van der Waals surface area contributed by atoms with E-state index in [4.69, 9.17) is 9.25 Å². The fraction of sp³-hybridized carbons (Fsp3) is 0.0400. The molecule has 0 aliphatic carbocycles. The van der Waals surface area contributed by atoms with Crippen molar-refractivity contribution in [3.63, 3.8) is 0 Å². The number of hydrogen-bond acceptors (Lipinski definition) is 6. The van der Waals surface area contributed by atoms with Gasteiger partial charge in [0.2, 0.25) is 5.88 Å². The van der Waals surface area contributed by atoms with Gasteiger partial charge in [-0.1, -0.05) is 73.3 Å². The third-order valence-corrected chi connectivity index (χ3v) is 5.52. The Bertz CT molecular complexity index is 1260. The molecule has 2 aromatic heterocycles. The van der Waals surface area contributed by atoms with Crippen LogP contribution in [0.2, 0.25) is 0 Å². The number of nitrogens with one attached hydrogen (secondary N) is 2. The van der Waals surface area contributed by atoms with Crippen molar-refractivity contribution < 1.29 is 14.0 Å². The van der Waals surface area contributed by atoms with E-state index in [1.807, 2.05) is 78.2 Å². The number of anilines is 1. The Kier molecular flexibility index (Phi) is 6.46. The number of rotatable bonds is 8. The zero-order valence-corrected chi connectivity index (χ0v) is 17.8. The second-order valence-corrected chi connectivity index (χ2v) is 7.70. The van der Waals surface area contributed by atoms with E-state index in [9.17, 15) is 10.1 Å². The molecule has 4 aromatic rings. The highest BCUT2D eigenvalue weighted by Gasteiger charge is 2.24. The SMILES string of the molecule is C=C(NOCC(=O)Nc1oc(-c2ccccc2)c(-c2ccccc2)c1C#N)c1cccs1. The van der Waals surface area contributed by atoms with Crippen LogP contribution in [-0.2, 0) is 9.63 Å². The molecule has 0 aliphatic rings. The van der Waals surface area contributed by atoms with Gasteiger partial charge in [0, 0.05) is 11.1 Å². The first kappa shape index (κ1) is 21.1. The quantitative estimate of drug-likeness (QED) is 0.344. The minimum absolute atomic E-state index is 0.0795. The first-order valence-corrected chi connectivity index (χ1v) is 10.6. The Hall–Kier alpha value is -4.12. The Morgan fingerprint density at radius 1 is 1.03 bits per heavy atom. The second kappa shape index (κ2) is 9.79. The van der Waals surface area contributed by atoms with Gasteiger partial charge in [0.1, 0.15) is 17.4 Å². The summed E-state index contributed by atoms with van der Waals surface area (Å²) in [5.74, 6) is 0.116. The third-order valence-electron chi connectivity index (χ3n) is 4.59. The summed E-state index contributed by atoms with van der Waals surface area (Å²) < 4.78 is 5.99. The van der Waals surface area contributed by atoms with Gasteiger partial charge in [-0.15, -0.1) is 11.3 Å². The summed E-state index contributed by atoms with van der Waals surface area (Å²) in [7, 11) is 0. The molecule has 7 heteroatoms. The molecular formula is C25H19N3O3S. The Morgan fingerprint density at radius 2 is 1.72 bits per heavy atom. The van der Waals surface area contributed by atoms with Gasteiger partial charge in [-0.3, -0.25) is 20.4 Å². The number of benzene rings is 2. The van der Waals surface area contributed by atoms with Crippen LogP contribution < -0.4 is 10.8 Å². The van der Waals surface area contributed by atoms with Gasteiger partial charge in [-0.2, -0.15) is 5.26 Å². The Labute approximate surface area is 189 Å². The second-order valence-electron chi connectivity index (χ2n) is 6.75. The molecule has 158 valence electrons. The zero-order valence-electron chi connectivity index (χ0n) is 17.0. The summed E-state index contributed by atoms with van der Waals surface area (Å²) in [5, 5.41) is 14.4. The molecule has 1 amide bonds. The van der Waals surface area contributed by atoms with Crippen LogP contribution in [0.3, 0.4) is 0 Å². The molecule has 2 aromatic carbocycles. The average Bonchev–Trinajstić information content (AvgIpc) is 3.48. The minimum atomic E-state index is -0.471. The predicted octanol–water partition coefficient (Wildman–Crippen LogP) is 5.68. The summed E-state index contributed by atoms with van der Waals surface area (Å²) in [5.41, 5.74) is 5.71. The lowest BCUT2D eigenvalue weighted by atomic mass is 9.98. The lowest BCUT2D eigenvalue weighted by Gasteiger charge is -2.08. The molecule has 4 rings (SSSR count). The highest BCUT2D eigenvalue weighted by Crippen LogP contribution is 2.41. The maximum Gasteiger partial charge on any atom is 0.255 e. The molecule has 0 aliphatic heterocycles. The van der Waals surface area contributed by atoms with Crippen LogP contribution in [0.15, 0.2) is 89.2 Å². The molecule has 0 bridgehead atoms. The van der Waals surface area contributed by atoms with Crippen molar-refractivity contribution in [2.24, 2.45) is 0 Å². The zero-order chi connectivity index (χ0) is 22.3. The molecule has 6 nitrogen and oxygen atoms in total. The van der Waals surface area contributed by atoms with E-state index in [0.717, 1.165) is 16.0 Å². The number of nitriles is 1. The van der Waals surface area contributed by atoms with Crippen molar-refractivity contribution in [2.45, 2.75) is 0 Å². The van der Waals surface area contributed by atoms with Crippen LogP contribution in [0.5, 0.6) is 0 Å². The van der Waals surface area contributed by atoms with E-state index >= 15 is 0 Å². The van der Waals surface area contributed by atoms with Crippen LogP contribution in [0, 0.1) is 11.3 Å². The standard InChI is InChI=1S/C25H19N3O3S/c1-17(21-13-8-14-32-21)28-30-16-22(29)27-25-20(15-26)23(18-9-4-2-5-10-18)24(31-25)19-11-6-3-7-12-19/h2-14,28H,1,16H2,(H,27,29). The number of furan rings is 1. The Morgan fingerprint density at radius 3 is 2.34 bits per heavy atom. The Balaban J connectivity index is 1.56. The number of amides is 1. The van der Waals surface area contributed by atoms with Gasteiger partial charge in [0.15, 0.2) is 6.61 Å². The molecule has 2 heterocycles. The van der Waals surface area contributed by atoms with E-state index in [-0.39, 0.29) is 18.1 Å². The largest absolute Gasteiger partial charge is 0.438 e. The van der Waals surface area contributed by atoms with E-state index in [0.29, 0.717) is 17.0 Å². The summed E-state index contributed by atoms with van der Waals surface area (Å²) in [6, 6.07) is 24.9. The van der Waals surface area contributed by atoms with Crippen molar-refractivity contribution >= 4 is 28.8 Å². The fourth-order valence-electron chi connectivity index (χ4n) is 3.15. The first-order chi connectivity index (χ1) is 15.7. The molecule has 0 saturated heterocycles. The highest BCUT2D eigenvalue weighted by atomic mass is 32.1. The molecular weight excluding hydrogens is 422 g/mol. The fourth-order valence-corrected chi connectivity index (χ4v) is 3.80. The molecule has 0 saturated carbocycles. The van der Waals surface area contributed by atoms with Crippen LogP contribution >= 0.6 is 11.3 Å². The third kappa shape index (κ3) is 4.62. The van der Waals surface area contributed by atoms with Crippen molar-refractivity contribution in [3.05, 3.63) is 95.2 Å². The molecule has 32 heavy (non-hydrogen) atoms. The molecule has 2 N–H and O–H groups in total. The highest BCUT2D eigenvalue weighted by molar-refractivity contribution is 7.11. The summed E-state index contributed by atoms with van der Waals surface area (Å²) in [6.45, 7) is 3.57. The molecule has 0 atom stereocenters. The molecule has 0 unspecified atom stereocenters. The number of hydroxylamine groups is 1. The number of carbonyl (C=O) groups excluding carboxylic acids is 1. The lowest BCUT2D eigenvalue weighted by Crippen LogP contribution is -2.23. The lowest BCUT2D eigenvalue weighted by molar-refractivity contribution is -0.122. The van der Waals surface area contributed by atoms with E-state index in [1.165, 1.54) is 11.3 Å². The van der Waals surface area contributed by atoms with Gasteiger partial charge < -0.3 is 4.42 Å². The number of carbonyl (C=O) groups is 1. The number of hydrogen-bond donors (Lipinski definition) is 2. The minimum Gasteiger partial charge on any atom is -0.438 e. The summed E-state index contributed by atoms with van der Waals surface area (Å²) in [6.07, 6.45) is 0. The van der Waals surface area contributed by atoms with Gasteiger partial charge in [0.25, 0.3) is 5.91 Å². The van der Waals surface area contributed by atoms with Gasteiger partial charge in [-0.05, 0) is 17.0 Å². The average molecular weight is 442 g/mol. The van der Waals surface area contributed by atoms with E-state index in [2.05, 4.69) is 23.4 Å². The van der Waals surface area contributed by atoms with Crippen LogP contribution in [0.4, 0.5) is 5.88 Å². The van der Waals surface area contributed by atoms with Crippen molar-refractivity contribution in [1.29, 1.82) is 5.26 Å². The smallest absolute Gasteiger partial charge is 0.255 e. The maximum absolute atomic E-state index is 12.5. The van der Waals surface area contributed by atoms with Gasteiger partial charge >= 0.3 is 0 Å². The monoisotopic (exact) mass is 441 g/mol. The van der Waals surface area contributed by atoms with E-state index in [1.54, 1.807) is 0 Å². The number of nitrogens with zero attached hydrogens (tertiary/aromatic N) is 1. The van der Waals surface area contributed by atoms with Crippen molar-refractivity contribution in [2.75, 3.05) is 11.9 Å². The first-order valence-electron chi connectivity index (χ1n) is 9.75. The van der Waals surface area contributed by atoms with Crippen LogP contribution in [-0.4, -0.2) is 12.5 Å². The van der Waals surface area contributed by atoms with Crippen LogP contribution in [0.25, 0.3) is 28.1 Å². The predicted molar refractivity (Wildman–Crippen MR) is 125 cm³/mol. The maximum atomic E-state index is 12.5. The topological polar surface area (TPSA) is 87.3 Å². The molecule has 0 spiro atoms. The van der Waals surface area contributed by atoms with Crippen molar-refractivity contribution in [3.8, 4) is 28.5 Å². The van der Waals surface area contributed by atoms with Gasteiger partial charge in [-0.25, -0.2) is 0 Å².